The van der Waals surface area contributed by atoms with Crippen LogP contribution in [0.4, 0.5) is 5.69 Å². The average molecular weight is 461 g/mol. The van der Waals surface area contributed by atoms with Crippen LogP contribution in [0.3, 0.4) is 0 Å². The number of pyridine rings is 1. The van der Waals surface area contributed by atoms with Crippen LogP contribution in [-0.4, -0.2) is 79.6 Å². The Labute approximate surface area is 192 Å². The maximum atomic E-state index is 12.5. The normalized spacial score (nSPS) is 17.6. The van der Waals surface area contributed by atoms with E-state index in [1.807, 2.05) is 17.3 Å². The lowest BCUT2D eigenvalue weighted by atomic mass is 9.93. The third kappa shape index (κ3) is 7.93. The van der Waals surface area contributed by atoms with Gasteiger partial charge in [0.2, 0.25) is 5.91 Å². The van der Waals surface area contributed by atoms with Crippen molar-refractivity contribution in [1.82, 2.24) is 14.8 Å². The van der Waals surface area contributed by atoms with Gasteiger partial charge in [-0.15, -0.1) is 24.8 Å². The van der Waals surface area contributed by atoms with Gasteiger partial charge in [-0.05, 0) is 43.9 Å². The molecular formula is C21H34Cl2N4O3. The Morgan fingerprint density at radius 2 is 1.67 bits per heavy atom. The molecule has 0 N–H and O–H groups in total. The molecule has 0 radical (unpaired) electrons. The van der Waals surface area contributed by atoms with Crippen LogP contribution in [0.25, 0.3) is 0 Å². The van der Waals surface area contributed by atoms with E-state index in [9.17, 15) is 9.59 Å². The molecule has 0 atom stereocenters. The molecule has 0 spiro atoms. The van der Waals surface area contributed by atoms with Crippen molar-refractivity contribution in [2.24, 2.45) is 5.92 Å². The number of esters is 1. The van der Waals surface area contributed by atoms with Gasteiger partial charge >= 0.3 is 5.97 Å². The molecule has 170 valence electrons. The molecule has 2 fully saturated rings. The summed E-state index contributed by atoms with van der Waals surface area (Å²) in [5, 5.41) is 0. The summed E-state index contributed by atoms with van der Waals surface area (Å²) in [6.45, 7) is 6.63. The third-order valence-electron chi connectivity index (χ3n) is 5.92. The lowest BCUT2D eigenvalue weighted by Crippen LogP contribution is -2.46. The highest BCUT2D eigenvalue weighted by Crippen LogP contribution is 2.21. The molecule has 9 heteroatoms. The number of carbonyl (C=O) groups is 2. The van der Waals surface area contributed by atoms with Crippen molar-refractivity contribution in [2.75, 3.05) is 57.8 Å². The SMILES string of the molecule is COC(=O)CC1CCN(C(=O)CCCN2CCN(c3ccncc3)CC2)CC1.Cl.Cl. The zero-order valence-corrected chi connectivity index (χ0v) is 19.3. The highest BCUT2D eigenvalue weighted by atomic mass is 35.5. The van der Waals surface area contributed by atoms with Gasteiger partial charge in [-0.2, -0.15) is 0 Å². The van der Waals surface area contributed by atoms with Gasteiger partial charge in [0.25, 0.3) is 0 Å². The Bertz CT molecular complexity index is 634. The van der Waals surface area contributed by atoms with Gasteiger partial charge in [0, 0.05) is 70.2 Å². The second kappa shape index (κ2) is 13.7. The Balaban J connectivity index is 0.00000225. The first-order valence-corrected chi connectivity index (χ1v) is 10.4. The molecule has 2 aliphatic rings. The highest BCUT2D eigenvalue weighted by Gasteiger charge is 2.24. The second-order valence-corrected chi connectivity index (χ2v) is 7.74. The van der Waals surface area contributed by atoms with E-state index in [-0.39, 0.29) is 36.7 Å². The first-order valence-electron chi connectivity index (χ1n) is 10.4. The zero-order chi connectivity index (χ0) is 19.8. The van der Waals surface area contributed by atoms with E-state index >= 15 is 0 Å². The fourth-order valence-corrected chi connectivity index (χ4v) is 4.10. The van der Waals surface area contributed by atoms with Gasteiger partial charge in [0.15, 0.2) is 0 Å². The van der Waals surface area contributed by atoms with Crippen LogP contribution in [0.2, 0.25) is 0 Å². The number of piperidine rings is 1. The lowest BCUT2D eigenvalue weighted by Gasteiger charge is -2.36. The predicted molar refractivity (Wildman–Crippen MR) is 123 cm³/mol. The Morgan fingerprint density at radius 1 is 1.03 bits per heavy atom. The first-order chi connectivity index (χ1) is 13.7. The van der Waals surface area contributed by atoms with Crippen LogP contribution in [0.15, 0.2) is 24.5 Å². The van der Waals surface area contributed by atoms with Crippen LogP contribution in [0, 0.1) is 5.92 Å². The Morgan fingerprint density at radius 3 is 2.27 bits per heavy atom. The van der Waals surface area contributed by atoms with Gasteiger partial charge in [-0.25, -0.2) is 0 Å². The summed E-state index contributed by atoms with van der Waals surface area (Å²) in [4.78, 5) is 34.7. The number of piperazine rings is 1. The van der Waals surface area contributed by atoms with E-state index in [1.54, 1.807) is 0 Å². The second-order valence-electron chi connectivity index (χ2n) is 7.74. The Hall–Kier alpha value is -1.57. The molecule has 7 nitrogen and oxygen atoms in total. The fourth-order valence-electron chi connectivity index (χ4n) is 4.10. The van der Waals surface area contributed by atoms with E-state index in [1.165, 1.54) is 12.8 Å². The molecule has 2 saturated heterocycles. The number of hydrogen-bond donors (Lipinski definition) is 0. The monoisotopic (exact) mass is 460 g/mol. The van der Waals surface area contributed by atoms with E-state index in [2.05, 4.69) is 26.9 Å². The molecule has 1 amide bonds. The molecule has 2 aliphatic heterocycles. The molecule has 1 aromatic rings. The molecule has 0 bridgehead atoms. The fraction of sp³-hybridized carbons (Fsp3) is 0.667. The molecular weight excluding hydrogens is 427 g/mol. The van der Waals surface area contributed by atoms with Crippen LogP contribution in [0.1, 0.15) is 32.1 Å². The topological polar surface area (TPSA) is 66.0 Å². The largest absolute Gasteiger partial charge is 0.469 e. The summed E-state index contributed by atoms with van der Waals surface area (Å²) in [6.07, 6.45) is 7.49. The van der Waals surface area contributed by atoms with E-state index in [4.69, 9.17) is 4.74 Å². The number of aromatic nitrogens is 1. The zero-order valence-electron chi connectivity index (χ0n) is 17.7. The first kappa shape index (κ1) is 26.5. The number of rotatable bonds is 7. The maximum Gasteiger partial charge on any atom is 0.305 e. The minimum absolute atomic E-state index is 0. The van der Waals surface area contributed by atoms with Crippen molar-refractivity contribution in [2.45, 2.75) is 32.1 Å². The van der Waals surface area contributed by atoms with Crippen LogP contribution >= 0.6 is 24.8 Å². The van der Waals surface area contributed by atoms with E-state index < -0.39 is 0 Å². The predicted octanol–water partition coefficient (Wildman–Crippen LogP) is 2.63. The van der Waals surface area contributed by atoms with E-state index in [0.717, 1.165) is 65.1 Å². The molecule has 1 aromatic heterocycles. The van der Waals surface area contributed by atoms with Crippen LogP contribution in [0.5, 0.6) is 0 Å². The summed E-state index contributed by atoms with van der Waals surface area (Å²) in [7, 11) is 1.43. The van der Waals surface area contributed by atoms with Crippen molar-refractivity contribution in [3.05, 3.63) is 24.5 Å². The van der Waals surface area contributed by atoms with Crippen molar-refractivity contribution in [3.63, 3.8) is 0 Å². The number of likely N-dealkylation sites (tertiary alicyclic amines) is 1. The number of halogens is 2. The lowest BCUT2D eigenvalue weighted by molar-refractivity contribution is -0.142. The molecule has 0 aliphatic carbocycles. The molecule has 3 heterocycles. The summed E-state index contributed by atoms with van der Waals surface area (Å²) in [5.74, 6) is 0.467. The molecule has 0 unspecified atom stereocenters. The minimum Gasteiger partial charge on any atom is -0.469 e. The summed E-state index contributed by atoms with van der Waals surface area (Å²) >= 11 is 0. The summed E-state index contributed by atoms with van der Waals surface area (Å²) < 4.78 is 4.74. The number of nitrogens with zero attached hydrogens (tertiary/aromatic N) is 4. The van der Waals surface area contributed by atoms with Crippen LogP contribution in [-0.2, 0) is 14.3 Å². The van der Waals surface area contributed by atoms with Crippen molar-refractivity contribution < 1.29 is 14.3 Å². The number of hydrogen-bond acceptors (Lipinski definition) is 6. The number of anilines is 1. The van der Waals surface area contributed by atoms with Gasteiger partial charge < -0.3 is 14.5 Å². The maximum absolute atomic E-state index is 12.5. The number of amides is 1. The summed E-state index contributed by atoms with van der Waals surface area (Å²) in [5.41, 5.74) is 1.24. The number of ether oxygens (including phenoxy) is 1. The highest BCUT2D eigenvalue weighted by molar-refractivity contribution is 5.85. The van der Waals surface area contributed by atoms with Crippen molar-refractivity contribution in [1.29, 1.82) is 0 Å². The summed E-state index contributed by atoms with van der Waals surface area (Å²) in [6, 6.07) is 4.12. The Kier molecular flexibility index (Phi) is 12.1. The standard InChI is InChI=1S/C21H32N4O3.2ClH/c1-28-21(27)17-18-6-11-25(12-7-18)20(26)3-2-10-23-13-15-24(16-14-23)19-4-8-22-9-5-19;;/h4-5,8-9,18H,2-3,6-7,10-17H2,1H3;2*1H. The van der Waals surface area contributed by atoms with Gasteiger partial charge in [0.1, 0.15) is 0 Å². The van der Waals surface area contributed by atoms with E-state index in [0.29, 0.717) is 18.8 Å². The van der Waals surface area contributed by atoms with Crippen molar-refractivity contribution in [3.8, 4) is 0 Å². The third-order valence-corrected chi connectivity index (χ3v) is 5.92. The minimum atomic E-state index is -0.145. The quantitative estimate of drug-likeness (QED) is 0.582. The average Bonchev–Trinajstić information content (AvgIpc) is 2.75. The molecule has 30 heavy (non-hydrogen) atoms. The van der Waals surface area contributed by atoms with Crippen molar-refractivity contribution >= 4 is 42.4 Å². The smallest absolute Gasteiger partial charge is 0.305 e. The molecule has 0 aromatic carbocycles. The van der Waals surface area contributed by atoms with Gasteiger partial charge in [-0.1, -0.05) is 0 Å². The molecule has 3 rings (SSSR count). The number of methoxy groups -OCH3 is 1. The van der Waals surface area contributed by atoms with Gasteiger partial charge in [0.05, 0.1) is 7.11 Å². The van der Waals surface area contributed by atoms with Crippen LogP contribution < -0.4 is 4.90 Å². The number of carbonyl (C=O) groups excluding carboxylic acids is 2. The van der Waals surface area contributed by atoms with Gasteiger partial charge in [-0.3, -0.25) is 19.5 Å². The molecule has 0 saturated carbocycles.